The minimum Gasteiger partial charge on any atom is -0.481 e. The average molecular weight is 348 g/mol. The zero-order chi connectivity index (χ0) is 18.9. The molecule has 5 unspecified atom stereocenters. The minimum absolute atomic E-state index is 0.0175. The molecule has 0 amide bonds. The van der Waals surface area contributed by atoms with Crippen LogP contribution >= 0.6 is 0 Å². The minimum atomic E-state index is -0.989. The summed E-state index contributed by atoms with van der Waals surface area (Å²) in [6, 6.07) is 0. The molecule has 0 aromatic heterocycles. The lowest BCUT2D eigenvalue weighted by Crippen LogP contribution is -2.48. The van der Waals surface area contributed by atoms with Crippen LogP contribution in [0, 0.1) is 23.2 Å². The zero-order valence-corrected chi connectivity index (χ0v) is 15.7. The maximum atomic E-state index is 12.4. The third kappa shape index (κ3) is 3.55. The Morgan fingerprint density at radius 1 is 1.40 bits per heavy atom. The highest BCUT2D eigenvalue weighted by Gasteiger charge is 2.50. The molecule has 0 spiro atoms. The maximum absolute atomic E-state index is 12.4. The van der Waals surface area contributed by atoms with Crippen molar-refractivity contribution in [3.05, 3.63) is 23.3 Å². The van der Waals surface area contributed by atoms with E-state index in [0.717, 1.165) is 12.8 Å². The number of carbonyl (C=O) groups is 3. The van der Waals surface area contributed by atoms with Gasteiger partial charge in [-0.3, -0.25) is 9.59 Å². The number of carboxylic acids is 1. The van der Waals surface area contributed by atoms with Crippen LogP contribution in [0.4, 0.5) is 0 Å². The zero-order valence-electron chi connectivity index (χ0n) is 15.7. The molecule has 2 rings (SSSR count). The van der Waals surface area contributed by atoms with Crippen molar-refractivity contribution in [1.29, 1.82) is 0 Å². The van der Waals surface area contributed by atoms with Crippen molar-refractivity contribution in [2.24, 2.45) is 23.2 Å². The highest BCUT2D eigenvalue weighted by molar-refractivity contribution is 6.01. The van der Waals surface area contributed by atoms with Crippen LogP contribution in [0.5, 0.6) is 0 Å². The summed E-state index contributed by atoms with van der Waals surface area (Å²) in [7, 11) is 0. The molecule has 0 aromatic carbocycles. The van der Waals surface area contributed by atoms with Gasteiger partial charge in [-0.1, -0.05) is 26.0 Å². The van der Waals surface area contributed by atoms with E-state index in [0.29, 0.717) is 17.6 Å². The highest BCUT2D eigenvalue weighted by atomic mass is 16.5. The van der Waals surface area contributed by atoms with Crippen LogP contribution in [-0.4, -0.2) is 28.9 Å². The highest BCUT2D eigenvalue weighted by Crippen LogP contribution is 2.52. The van der Waals surface area contributed by atoms with Crippen molar-refractivity contribution in [1.82, 2.24) is 0 Å². The molecule has 138 valence electrons. The van der Waals surface area contributed by atoms with E-state index in [1.807, 2.05) is 13.0 Å². The van der Waals surface area contributed by atoms with Crippen molar-refractivity contribution in [2.45, 2.75) is 60.0 Å². The molecule has 1 saturated carbocycles. The third-order valence-electron chi connectivity index (χ3n) is 6.29. The standard InChI is InChI=1S/C20H28O5/c1-6-11(2)19(24)25-17-8-7-14-9-16(21)15(12(3)18(22)23)10-20(14,5)13(17)4/h6,10,12-14,17H,7-9H2,1-5H3,(H,22,23). The van der Waals surface area contributed by atoms with Crippen LogP contribution in [0.2, 0.25) is 0 Å². The summed E-state index contributed by atoms with van der Waals surface area (Å²) in [5.41, 5.74) is 0.615. The van der Waals surface area contributed by atoms with Crippen LogP contribution in [0.1, 0.15) is 53.9 Å². The summed E-state index contributed by atoms with van der Waals surface area (Å²) >= 11 is 0. The second kappa shape index (κ2) is 7.14. The first-order valence-electron chi connectivity index (χ1n) is 8.94. The van der Waals surface area contributed by atoms with Crippen LogP contribution in [0.25, 0.3) is 0 Å². The molecule has 0 bridgehead atoms. The van der Waals surface area contributed by atoms with Gasteiger partial charge in [0.15, 0.2) is 5.78 Å². The number of ketones is 1. The number of allylic oxidation sites excluding steroid dienone is 2. The lowest BCUT2D eigenvalue weighted by atomic mass is 9.56. The first-order chi connectivity index (χ1) is 11.6. The number of rotatable bonds is 4. The predicted octanol–water partition coefficient (Wildman–Crippen LogP) is 3.54. The molecule has 0 radical (unpaired) electrons. The SMILES string of the molecule is CC=C(C)C(=O)OC1CCC2CC(=O)C(C(C)C(=O)O)=CC2(C)C1C. The van der Waals surface area contributed by atoms with Gasteiger partial charge in [0, 0.05) is 23.5 Å². The molecular weight excluding hydrogens is 320 g/mol. The number of hydrogen-bond acceptors (Lipinski definition) is 4. The quantitative estimate of drug-likeness (QED) is 0.621. The van der Waals surface area contributed by atoms with Gasteiger partial charge in [0.05, 0.1) is 5.92 Å². The molecule has 5 atom stereocenters. The number of aliphatic carboxylic acids is 1. The lowest BCUT2D eigenvalue weighted by molar-refractivity contribution is -0.154. The van der Waals surface area contributed by atoms with Crippen LogP contribution in [-0.2, 0) is 19.1 Å². The molecule has 5 heteroatoms. The number of esters is 1. The van der Waals surface area contributed by atoms with Gasteiger partial charge in [-0.15, -0.1) is 0 Å². The van der Waals surface area contributed by atoms with Gasteiger partial charge >= 0.3 is 11.9 Å². The molecule has 1 N–H and O–H groups in total. The average Bonchev–Trinajstić information content (AvgIpc) is 2.57. The Morgan fingerprint density at radius 2 is 2.04 bits per heavy atom. The van der Waals surface area contributed by atoms with Crippen LogP contribution < -0.4 is 0 Å². The smallest absolute Gasteiger partial charge is 0.333 e. The van der Waals surface area contributed by atoms with Gasteiger partial charge in [-0.25, -0.2) is 4.79 Å². The van der Waals surface area contributed by atoms with Crippen molar-refractivity contribution in [3.63, 3.8) is 0 Å². The second-order valence-electron chi connectivity index (χ2n) is 7.63. The summed E-state index contributed by atoms with van der Waals surface area (Å²) in [5.74, 6) is -2.00. The van der Waals surface area contributed by atoms with E-state index in [-0.39, 0.29) is 35.1 Å². The van der Waals surface area contributed by atoms with E-state index in [9.17, 15) is 19.5 Å². The Balaban J connectivity index is 2.31. The molecule has 2 aliphatic carbocycles. The number of Topliss-reactive ketones (excluding diaryl/α,β-unsaturated/α-hetero) is 1. The Hall–Kier alpha value is -1.91. The van der Waals surface area contributed by atoms with Crippen molar-refractivity contribution < 1.29 is 24.2 Å². The first kappa shape index (κ1) is 19.4. The Morgan fingerprint density at radius 3 is 2.60 bits per heavy atom. The molecule has 0 saturated heterocycles. The fourth-order valence-electron chi connectivity index (χ4n) is 4.04. The third-order valence-corrected chi connectivity index (χ3v) is 6.29. The van der Waals surface area contributed by atoms with Crippen molar-refractivity contribution in [2.75, 3.05) is 0 Å². The summed E-state index contributed by atoms with van der Waals surface area (Å²) in [5, 5.41) is 9.29. The molecule has 2 aliphatic rings. The Bertz CT molecular complexity index is 644. The lowest BCUT2D eigenvalue weighted by Gasteiger charge is -2.50. The number of ether oxygens (including phenoxy) is 1. The van der Waals surface area contributed by atoms with E-state index in [1.54, 1.807) is 26.8 Å². The fourth-order valence-corrected chi connectivity index (χ4v) is 4.04. The molecular formula is C20H28O5. The van der Waals surface area contributed by atoms with Gasteiger partial charge in [0.1, 0.15) is 6.10 Å². The monoisotopic (exact) mass is 348 g/mol. The number of hydrogen-bond donors (Lipinski definition) is 1. The van der Waals surface area contributed by atoms with E-state index in [1.165, 1.54) is 0 Å². The van der Waals surface area contributed by atoms with Crippen LogP contribution in [0.3, 0.4) is 0 Å². The molecule has 25 heavy (non-hydrogen) atoms. The first-order valence-corrected chi connectivity index (χ1v) is 8.94. The van der Waals surface area contributed by atoms with Gasteiger partial charge in [-0.2, -0.15) is 0 Å². The van der Waals surface area contributed by atoms with Gasteiger partial charge < -0.3 is 9.84 Å². The predicted molar refractivity (Wildman–Crippen MR) is 93.8 cm³/mol. The molecule has 0 aromatic rings. The van der Waals surface area contributed by atoms with Gasteiger partial charge in [0.2, 0.25) is 0 Å². The Labute approximate surface area is 149 Å². The summed E-state index contributed by atoms with van der Waals surface area (Å²) in [4.78, 5) is 35.9. The summed E-state index contributed by atoms with van der Waals surface area (Å²) < 4.78 is 5.70. The van der Waals surface area contributed by atoms with Crippen molar-refractivity contribution >= 4 is 17.7 Å². The van der Waals surface area contributed by atoms with E-state index < -0.39 is 11.9 Å². The van der Waals surface area contributed by atoms with E-state index in [4.69, 9.17) is 4.74 Å². The second-order valence-corrected chi connectivity index (χ2v) is 7.63. The molecule has 1 fully saturated rings. The number of carbonyl (C=O) groups excluding carboxylic acids is 2. The molecule has 0 aliphatic heterocycles. The number of fused-ring (bicyclic) bond motifs is 1. The summed E-state index contributed by atoms with van der Waals surface area (Å²) in [6.45, 7) is 9.17. The summed E-state index contributed by atoms with van der Waals surface area (Å²) in [6.07, 6.45) is 5.26. The van der Waals surface area contributed by atoms with Crippen LogP contribution in [0.15, 0.2) is 23.3 Å². The van der Waals surface area contributed by atoms with Gasteiger partial charge in [0.25, 0.3) is 0 Å². The topological polar surface area (TPSA) is 80.7 Å². The van der Waals surface area contributed by atoms with E-state index in [2.05, 4.69) is 6.92 Å². The van der Waals surface area contributed by atoms with E-state index >= 15 is 0 Å². The largest absolute Gasteiger partial charge is 0.481 e. The van der Waals surface area contributed by atoms with Gasteiger partial charge in [-0.05, 0) is 44.9 Å². The fraction of sp³-hybridized carbons (Fsp3) is 0.650. The normalized spacial score (nSPS) is 34.0. The number of carboxylic acid groups (broad SMARTS) is 1. The molecule has 0 heterocycles. The van der Waals surface area contributed by atoms with Crippen molar-refractivity contribution in [3.8, 4) is 0 Å². The Kier molecular flexibility index (Phi) is 5.55. The maximum Gasteiger partial charge on any atom is 0.333 e. The molecule has 5 nitrogen and oxygen atoms in total.